The molecule has 1 unspecified atom stereocenters. The highest BCUT2D eigenvalue weighted by atomic mass is 16.1. The van der Waals surface area contributed by atoms with Gasteiger partial charge in [0.1, 0.15) is 6.04 Å². The highest BCUT2D eigenvalue weighted by Gasteiger charge is 2.10. The Kier molecular flexibility index (Phi) is 3.03. The van der Waals surface area contributed by atoms with Crippen LogP contribution in [0.4, 0.5) is 0 Å². The summed E-state index contributed by atoms with van der Waals surface area (Å²) >= 11 is 0. The van der Waals surface area contributed by atoms with E-state index in [1.165, 1.54) is 10.6 Å². The minimum atomic E-state index is -0.824. The van der Waals surface area contributed by atoms with Gasteiger partial charge in [-0.25, -0.2) is 0 Å². The van der Waals surface area contributed by atoms with E-state index < -0.39 is 11.9 Å². The molecule has 0 radical (unpaired) electrons. The normalized spacial score (nSPS) is 12.4. The first kappa shape index (κ1) is 10.5. The van der Waals surface area contributed by atoms with E-state index in [-0.39, 0.29) is 12.1 Å². The van der Waals surface area contributed by atoms with Crippen molar-refractivity contribution in [2.24, 2.45) is 11.5 Å². The third-order valence-corrected chi connectivity index (χ3v) is 1.91. The number of hydrogen-bond donors (Lipinski definition) is 2. The van der Waals surface area contributed by atoms with E-state index >= 15 is 0 Å². The summed E-state index contributed by atoms with van der Waals surface area (Å²) < 4.78 is 1.36. The van der Waals surface area contributed by atoms with Crippen LogP contribution in [0.25, 0.3) is 0 Å². The molecule has 0 aliphatic rings. The molecule has 1 aromatic rings. The van der Waals surface area contributed by atoms with Crippen LogP contribution in [-0.4, -0.2) is 16.5 Å². The molecule has 1 atom stereocenters. The van der Waals surface area contributed by atoms with Gasteiger partial charge < -0.3 is 16.0 Å². The molecule has 5 heteroatoms. The smallest absolute Gasteiger partial charge is 0.250 e. The SMILES string of the molecule is Cc1ccn(CC(N)C(N)=O)c(=O)c1. The van der Waals surface area contributed by atoms with Gasteiger partial charge in [0.05, 0.1) is 0 Å². The number of primary amides is 1. The minimum absolute atomic E-state index is 0.119. The number of carbonyl (C=O) groups is 1. The van der Waals surface area contributed by atoms with Crippen molar-refractivity contribution in [3.05, 3.63) is 34.2 Å². The van der Waals surface area contributed by atoms with Gasteiger partial charge in [-0.05, 0) is 18.6 Å². The van der Waals surface area contributed by atoms with Crippen molar-refractivity contribution < 1.29 is 4.79 Å². The van der Waals surface area contributed by atoms with Crippen LogP contribution in [0.5, 0.6) is 0 Å². The number of rotatable bonds is 3. The summed E-state index contributed by atoms with van der Waals surface area (Å²) in [4.78, 5) is 22.0. The lowest BCUT2D eigenvalue weighted by molar-refractivity contribution is -0.119. The molecule has 76 valence electrons. The van der Waals surface area contributed by atoms with Crippen molar-refractivity contribution >= 4 is 5.91 Å². The molecule has 1 rings (SSSR count). The lowest BCUT2D eigenvalue weighted by Crippen LogP contribution is -2.41. The molecule has 0 spiro atoms. The molecule has 0 fully saturated rings. The van der Waals surface area contributed by atoms with E-state index in [0.29, 0.717) is 0 Å². The molecule has 0 saturated heterocycles. The Hall–Kier alpha value is -1.62. The second-order valence-electron chi connectivity index (χ2n) is 3.20. The Balaban J connectivity index is 2.88. The van der Waals surface area contributed by atoms with E-state index in [2.05, 4.69) is 0 Å². The molecule has 5 nitrogen and oxygen atoms in total. The largest absolute Gasteiger partial charge is 0.368 e. The first-order chi connectivity index (χ1) is 6.50. The number of amides is 1. The fourth-order valence-corrected chi connectivity index (χ4v) is 1.06. The lowest BCUT2D eigenvalue weighted by Gasteiger charge is -2.09. The predicted molar refractivity (Wildman–Crippen MR) is 52.6 cm³/mol. The molecule has 1 aromatic heterocycles. The molecule has 1 heterocycles. The van der Waals surface area contributed by atoms with E-state index in [9.17, 15) is 9.59 Å². The fourth-order valence-electron chi connectivity index (χ4n) is 1.06. The Morgan fingerprint density at radius 3 is 2.79 bits per heavy atom. The summed E-state index contributed by atoms with van der Waals surface area (Å²) in [5.41, 5.74) is 11.1. The van der Waals surface area contributed by atoms with Gasteiger partial charge in [0.25, 0.3) is 5.56 Å². The van der Waals surface area contributed by atoms with Crippen LogP contribution < -0.4 is 17.0 Å². The van der Waals surface area contributed by atoms with Crippen molar-refractivity contribution in [3.63, 3.8) is 0 Å². The van der Waals surface area contributed by atoms with Crippen molar-refractivity contribution in [1.29, 1.82) is 0 Å². The van der Waals surface area contributed by atoms with Crippen molar-refractivity contribution in [2.75, 3.05) is 0 Å². The number of aromatic nitrogens is 1. The maximum Gasteiger partial charge on any atom is 0.250 e. The Labute approximate surface area is 81.3 Å². The third kappa shape index (κ3) is 2.43. The highest BCUT2D eigenvalue weighted by Crippen LogP contribution is 1.92. The zero-order valence-electron chi connectivity index (χ0n) is 7.93. The maximum atomic E-state index is 11.4. The topological polar surface area (TPSA) is 91.1 Å². The van der Waals surface area contributed by atoms with Gasteiger partial charge in [-0.3, -0.25) is 9.59 Å². The monoisotopic (exact) mass is 195 g/mol. The first-order valence-corrected chi connectivity index (χ1v) is 4.22. The van der Waals surface area contributed by atoms with E-state index in [1.807, 2.05) is 6.92 Å². The van der Waals surface area contributed by atoms with E-state index in [1.54, 1.807) is 12.3 Å². The van der Waals surface area contributed by atoms with Gasteiger partial charge in [0, 0.05) is 18.8 Å². The van der Waals surface area contributed by atoms with Crippen LogP contribution >= 0.6 is 0 Å². The Morgan fingerprint density at radius 2 is 2.29 bits per heavy atom. The molecule has 14 heavy (non-hydrogen) atoms. The predicted octanol–water partition coefficient (Wildman–Crippen LogP) is -1.03. The molecule has 0 saturated carbocycles. The zero-order chi connectivity index (χ0) is 10.7. The molecule has 4 N–H and O–H groups in total. The number of aryl methyl sites for hydroxylation is 1. The van der Waals surface area contributed by atoms with Crippen LogP contribution in [0.15, 0.2) is 23.1 Å². The van der Waals surface area contributed by atoms with Gasteiger partial charge in [0.15, 0.2) is 0 Å². The number of pyridine rings is 1. The summed E-state index contributed by atoms with van der Waals surface area (Å²) in [6, 6.07) is 2.43. The summed E-state index contributed by atoms with van der Waals surface area (Å²) in [6.07, 6.45) is 1.60. The summed E-state index contributed by atoms with van der Waals surface area (Å²) in [5, 5.41) is 0. The molecule has 0 aliphatic carbocycles. The molecular weight excluding hydrogens is 182 g/mol. The van der Waals surface area contributed by atoms with Gasteiger partial charge in [0.2, 0.25) is 5.91 Å². The Morgan fingerprint density at radius 1 is 1.64 bits per heavy atom. The average Bonchev–Trinajstić information content (AvgIpc) is 2.09. The zero-order valence-corrected chi connectivity index (χ0v) is 7.93. The number of carbonyl (C=O) groups excluding carboxylic acids is 1. The summed E-state index contributed by atoms with van der Waals surface area (Å²) in [7, 11) is 0. The van der Waals surface area contributed by atoms with Crippen molar-refractivity contribution in [1.82, 2.24) is 4.57 Å². The third-order valence-electron chi connectivity index (χ3n) is 1.91. The molecule has 0 aromatic carbocycles. The lowest BCUT2D eigenvalue weighted by atomic mass is 10.2. The second kappa shape index (κ2) is 4.06. The van der Waals surface area contributed by atoms with Gasteiger partial charge in [-0.2, -0.15) is 0 Å². The van der Waals surface area contributed by atoms with E-state index in [4.69, 9.17) is 11.5 Å². The fraction of sp³-hybridized carbons (Fsp3) is 0.333. The standard InChI is InChI=1S/C9H13N3O2/c1-6-2-3-12(8(13)4-6)5-7(10)9(11)14/h2-4,7H,5,10H2,1H3,(H2,11,14). The number of nitrogens with two attached hydrogens (primary N) is 2. The van der Waals surface area contributed by atoms with Crippen LogP contribution in [0.1, 0.15) is 5.56 Å². The number of hydrogen-bond acceptors (Lipinski definition) is 3. The first-order valence-electron chi connectivity index (χ1n) is 4.22. The highest BCUT2D eigenvalue weighted by molar-refractivity contribution is 5.79. The minimum Gasteiger partial charge on any atom is -0.368 e. The molecule has 0 bridgehead atoms. The second-order valence-corrected chi connectivity index (χ2v) is 3.20. The van der Waals surface area contributed by atoms with Gasteiger partial charge in [-0.1, -0.05) is 0 Å². The summed E-state index contributed by atoms with van der Waals surface area (Å²) in [5.74, 6) is -0.613. The van der Waals surface area contributed by atoms with Gasteiger partial charge in [-0.15, -0.1) is 0 Å². The van der Waals surface area contributed by atoms with Crippen LogP contribution in [0.3, 0.4) is 0 Å². The molecule has 1 amide bonds. The van der Waals surface area contributed by atoms with Crippen LogP contribution in [0.2, 0.25) is 0 Å². The van der Waals surface area contributed by atoms with Crippen molar-refractivity contribution in [3.8, 4) is 0 Å². The van der Waals surface area contributed by atoms with Crippen LogP contribution in [-0.2, 0) is 11.3 Å². The average molecular weight is 195 g/mol. The van der Waals surface area contributed by atoms with E-state index in [0.717, 1.165) is 5.56 Å². The van der Waals surface area contributed by atoms with Crippen LogP contribution in [0, 0.1) is 6.92 Å². The molecule has 0 aliphatic heterocycles. The van der Waals surface area contributed by atoms with Gasteiger partial charge >= 0.3 is 0 Å². The Bertz CT molecular complexity index is 397. The van der Waals surface area contributed by atoms with Crippen molar-refractivity contribution in [2.45, 2.75) is 19.5 Å². The maximum absolute atomic E-state index is 11.4. The molecular formula is C9H13N3O2. The summed E-state index contributed by atoms with van der Waals surface area (Å²) in [6.45, 7) is 1.94. The quantitative estimate of drug-likeness (QED) is 0.646. The number of nitrogens with zero attached hydrogens (tertiary/aromatic N) is 1.